The Hall–Kier alpha value is 0.260. The second-order valence-electron chi connectivity index (χ2n) is 3.39. The summed E-state index contributed by atoms with van der Waals surface area (Å²) in [6.45, 7) is 3.83. The third-order valence-electron chi connectivity index (χ3n) is 2.30. The fraction of sp³-hybridized carbons (Fsp3) is 1.00. The molecule has 1 aliphatic heterocycles. The smallest absolute Gasteiger partial charge is 0.104 e. The van der Waals surface area contributed by atoms with E-state index in [1.54, 1.807) is 4.31 Å². The highest BCUT2D eigenvalue weighted by atomic mass is 32.2. The van der Waals surface area contributed by atoms with Crippen molar-refractivity contribution in [3.63, 3.8) is 0 Å². The van der Waals surface area contributed by atoms with Gasteiger partial charge in [-0.05, 0) is 18.6 Å². The fourth-order valence-electron chi connectivity index (χ4n) is 1.58. The van der Waals surface area contributed by atoms with Crippen molar-refractivity contribution in [1.82, 2.24) is 4.31 Å². The first-order valence-electron chi connectivity index (χ1n) is 4.64. The average molecular weight is 222 g/mol. The van der Waals surface area contributed by atoms with E-state index in [2.05, 4.69) is 6.92 Å². The Morgan fingerprint density at radius 3 is 2.46 bits per heavy atom. The van der Waals surface area contributed by atoms with E-state index in [0.717, 1.165) is 36.9 Å². The Kier molecular flexibility index (Phi) is 4.06. The summed E-state index contributed by atoms with van der Waals surface area (Å²) in [5.74, 6) is 1.16. The van der Waals surface area contributed by atoms with Gasteiger partial charge >= 0.3 is 0 Å². The van der Waals surface area contributed by atoms with Crippen LogP contribution in [-0.2, 0) is 9.92 Å². The number of piperidine rings is 1. The summed E-state index contributed by atoms with van der Waals surface area (Å²) in [6, 6.07) is 0. The fourth-order valence-corrected chi connectivity index (χ4v) is 3.51. The van der Waals surface area contributed by atoms with Crippen molar-refractivity contribution in [2.75, 3.05) is 25.1 Å². The van der Waals surface area contributed by atoms with Crippen LogP contribution < -0.4 is 0 Å². The molecule has 1 aliphatic rings. The van der Waals surface area contributed by atoms with Crippen LogP contribution in [0, 0.1) is 4.78 Å². The van der Waals surface area contributed by atoms with E-state index in [1.807, 2.05) is 11.8 Å². The van der Waals surface area contributed by atoms with Crippen LogP contribution in [0.15, 0.2) is 0 Å². The number of nitrogens with one attached hydrogen (secondary N) is 1. The Balaban J connectivity index is 2.39. The summed E-state index contributed by atoms with van der Waals surface area (Å²) in [5.41, 5.74) is 0. The van der Waals surface area contributed by atoms with E-state index >= 15 is 0 Å². The van der Waals surface area contributed by atoms with Crippen molar-refractivity contribution in [3.8, 4) is 0 Å². The molecule has 0 bridgehead atoms. The van der Waals surface area contributed by atoms with Gasteiger partial charge in [0.25, 0.3) is 0 Å². The van der Waals surface area contributed by atoms with Crippen LogP contribution in [0.2, 0.25) is 0 Å². The van der Waals surface area contributed by atoms with Crippen LogP contribution in [-0.4, -0.2) is 38.9 Å². The highest BCUT2D eigenvalue weighted by Crippen LogP contribution is 2.24. The maximum atomic E-state index is 11.4. The van der Waals surface area contributed by atoms with Gasteiger partial charge in [0.15, 0.2) is 0 Å². The van der Waals surface area contributed by atoms with Crippen molar-refractivity contribution in [2.24, 2.45) is 0 Å². The summed E-state index contributed by atoms with van der Waals surface area (Å²) in [4.78, 5) is 0. The molecule has 0 amide bonds. The molecule has 0 saturated carbocycles. The molecule has 13 heavy (non-hydrogen) atoms. The van der Waals surface area contributed by atoms with Crippen LogP contribution in [0.4, 0.5) is 0 Å². The molecule has 0 radical (unpaired) electrons. The lowest BCUT2D eigenvalue weighted by molar-refractivity contribution is 0.369. The first-order valence-corrected chi connectivity index (χ1v) is 7.61. The van der Waals surface area contributed by atoms with E-state index in [4.69, 9.17) is 4.78 Å². The lowest BCUT2D eigenvalue weighted by Crippen LogP contribution is -2.38. The van der Waals surface area contributed by atoms with Crippen LogP contribution >= 0.6 is 11.8 Å². The second kappa shape index (κ2) is 4.66. The Labute approximate surface area is 85.4 Å². The van der Waals surface area contributed by atoms with Gasteiger partial charge in [-0.1, -0.05) is 6.92 Å². The van der Waals surface area contributed by atoms with Crippen LogP contribution in [0.5, 0.6) is 0 Å². The van der Waals surface area contributed by atoms with Gasteiger partial charge in [0.05, 0.1) is 0 Å². The Morgan fingerprint density at radius 2 is 2.08 bits per heavy atom. The predicted molar refractivity (Wildman–Crippen MR) is 59.5 cm³/mol. The summed E-state index contributed by atoms with van der Waals surface area (Å²) >= 11 is 1.98. The molecule has 5 heteroatoms. The monoisotopic (exact) mass is 222 g/mol. The van der Waals surface area contributed by atoms with E-state index in [1.165, 1.54) is 6.26 Å². The number of rotatable bonds is 3. The molecular formula is C8H18N2OS2. The zero-order chi connectivity index (χ0) is 9.90. The van der Waals surface area contributed by atoms with Crippen LogP contribution in [0.3, 0.4) is 0 Å². The molecule has 1 unspecified atom stereocenters. The van der Waals surface area contributed by atoms with Crippen molar-refractivity contribution in [2.45, 2.75) is 25.0 Å². The third kappa shape index (κ3) is 3.48. The highest BCUT2D eigenvalue weighted by Gasteiger charge is 2.22. The molecule has 1 saturated heterocycles. The first kappa shape index (κ1) is 11.3. The minimum absolute atomic E-state index is 0.725. The van der Waals surface area contributed by atoms with Gasteiger partial charge in [0.1, 0.15) is 9.92 Å². The lowest BCUT2D eigenvalue weighted by Gasteiger charge is -2.30. The summed E-state index contributed by atoms with van der Waals surface area (Å²) in [6.07, 6.45) is 3.69. The highest BCUT2D eigenvalue weighted by molar-refractivity contribution is 7.99. The van der Waals surface area contributed by atoms with Gasteiger partial charge in [-0.15, -0.1) is 0 Å². The molecule has 78 valence electrons. The predicted octanol–water partition coefficient (Wildman–Crippen LogP) is 1.80. The average Bonchev–Trinajstić information content (AvgIpc) is 2.04. The van der Waals surface area contributed by atoms with Gasteiger partial charge in [0, 0.05) is 24.6 Å². The topological polar surface area (TPSA) is 44.2 Å². The summed E-state index contributed by atoms with van der Waals surface area (Å²) < 4.78 is 20.6. The molecule has 0 aliphatic carbocycles. The van der Waals surface area contributed by atoms with Gasteiger partial charge in [-0.2, -0.15) is 11.8 Å². The first-order chi connectivity index (χ1) is 6.04. The molecule has 3 nitrogen and oxygen atoms in total. The Bertz CT molecular complexity index is 243. The standard InChI is InChI=1S/C8H18N2OS2/c1-3-12-8-4-6-10(7-5-8)13(2,9)11/h8-9H,3-7H2,1-2H3. The van der Waals surface area contributed by atoms with Crippen molar-refractivity contribution >= 4 is 21.7 Å². The van der Waals surface area contributed by atoms with E-state index < -0.39 is 9.92 Å². The lowest BCUT2D eigenvalue weighted by atomic mass is 10.2. The molecule has 1 fully saturated rings. The van der Waals surface area contributed by atoms with E-state index in [-0.39, 0.29) is 0 Å². The zero-order valence-corrected chi connectivity index (χ0v) is 9.92. The molecule has 1 heterocycles. The number of thioether (sulfide) groups is 1. The molecule has 0 aromatic carbocycles. The summed E-state index contributed by atoms with van der Waals surface area (Å²) in [5, 5.41) is 0.725. The molecule has 1 rings (SSSR count). The second-order valence-corrected chi connectivity index (χ2v) is 7.09. The molecule has 1 atom stereocenters. The Morgan fingerprint density at radius 1 is 1.54 bits per heavy atom. The van der Waals surface area contributed by atoms with Crippen molar-refractivity contribution in [3.05, 3.63) is 0 Å². The number of hydrogen-bond donors (Lipinski definition) is 1. The SMILES string of the molecule is CCSC1CCN(S(C)(=N)=O)CC1. The summed E-state index contributed by atoms with van der Waals surface area (Å²) in [7, 11) is -2.44. The maximum absolute atomic E-state index is 11.4. The van der Waals surface area contributed by atoms with Gasteiger partial charge in [0.2, 0.25) is 0 Å². The molecule has 0 spiro atoms. The molecule has 1 N–H and O–H groups in total. The minimum atomic E-state index is -2.44. The number of hydrogen-bond acceptors (Lipinski definition) is 3. The van der Waals surface area contributed by atoms with Crippen molar-refractivity contribution < 1.29 is 4.21 Å². The number of nitrogens with zero attached hydrogens (tertiary/aromatic N) is 1. The minimum Gasteiger partial charge on any atom is -0.240 e. The van der Waals surface area contributed by atoms with Gasteiger partial charge in [-0.25, -0.2) is 13.3 Å². The van der Waals surface area contributed by atoms with Crippen LogP contribution in [0.25, 0.3) is 0 Å². The van der Waals surface area contributed by atoms with E-state index in [0.29, 0.717) is 0 Å². The quantitative estimate of drug-likeness (QED) is 0.791. The zero-order valence-electron chi connectivity index (χ0n) is 8.28. The molecular weight excluding hydrogens is 204 g/mol. The van der Waals surface area contributed by atoms with E-state index in [9.17, 15) is 4.21 Å². The third-order valence-corrected chi connectivity index (χ3v) is 4.92. The normalized spacial score (nSPS) is 25.7. The van der Waals surface area contributed by atoms with Gasteiger partial charge < -0.3 is 0 Å². The largest absolute Gasteiger partial charge is 0.240 e. The van der Waals surface area contributed by atoms with Crippen LogP contribution in [0.1, 0.15) is 19.8 Å². The molecule has 0 aromatic heterocycles. The van der Waals surface area contributed by atoms with Gasteiger partial charge in [-0.3, -0.25) is 0 Å². The van der Waals surface area contributed by atoms with Crippen molar-refractivity contribution in [1.29, 1.82) is 4.78 Å². The molecule has 0 aromatic rings. The maximum Gasteiger partial charge on any atom is 0.104 e.